The Morgan fingerprint density at radius 1 is 0.828 bits per heavy atom. The van der Waals surface area contributed by atoms with Crippen molar-refractivity contribution in [2.45, 2.75) is 26.2 Å². The van der Waals surface area contributed by atoms with Gasteiger partial charge in [0.15, 0.2) is 17.5 Å². The molecule has 158 valence electrons. The van der Waals surface area contributed by atoms with Crippen LogP contribution in [0.4, 0.5) is 0 Å². The molecule has 2 aromatic rings. The van der Waals surface area contributed by atoms with Crippen molar-refractivity contribution in [1.29, 1.82) is 0 Å². The summed E-state index contributed by atoms with van der Waals surface area (Å²) in [5.74, 6) is 3.24. The highest BCUT2D eigenvalue weighted by Crippen LogP contribution is 2.27. The number of hydrogen-bond donors (Lipinski definition) is 2. The molecule has 0 aliphatic carbocycles. The zero-order valence-corrected chi connectivity index (χ0v) is 18.0. The highest BCUT2D eigenvalue weighted by Gasteiger charge is 2.05. The topological polar surface area (TPSA) is 64.1 Å². The Morgan fingerprint density at radius 2 is 1.55 bits per heavy atom. The largest absolute Gasteiger partial charge is 0.497 e. The molecule has 2 aromatic carbocycles. The SMILES string of the molecule is CCNC(=NCCCc1ccc(OC)cc1)NCCc1ccc(OC)c(OC)c1. The van der Waals surface area contributed by atoms with Crippen LogP contribution in [0.25, 0.3) is 0 Å². The third-order valence-electron chi connectivity index (χ3n) is 4.55. The molecule has 0 aromatic heterocycles. The first-order valence-corrected chi connectivity index (χ1v) is 10.1. The smallest absolute Gasteiger partial charge is 0.191 e. The van der Waals surface area contributed by atoms with Crippen LogP contribution in [0.3, 0.4) is 0 Å². The maximum atomic E-state index is 5.37. The molecule has 0 unspecified atom stereocenters. The number of rotatable bonds is 11. The summed E-state index contributed by atoms with van der Waals surface area (Å²) in [6, 6.07) is 14.2. The van der Waals surface area contributed by atoms with Crippen LogP contribution in [0.5, 0.6) is 17.2 Å². The lowest BCUT2D eigenvalue weighted by Crippen LogP contribution is -2.38. The maximum Gasteiger partial charge on any atom is 0.191 e. The standard InChI is InChI=1S/C23H33N3O3/c1-5-24-23(25-15-6-7-18-8-11-20(27-2)12-9-18)26-16-14-19-10-13-21(28-3)22(17-19)29-4/h8-13,17H,5-7,14-16H2,1-4H3,(H2,24,25,26). The van der Waals surface area contributed by atoms with E-state index < -0.39 is 0 Å². The molecule has 0 atom stereocenters. The van der Waals surface area contributed by atoms with Gasteiger partial charge < -0.3 is 24.8 Å². The fraction of sp³-hybridized carbons (Fsp3) is 0.435. The molecule has 2 rings (SSSR count). The molecule has 0 bridgehead atoms. The van der Waals surface area contributed by atoms with E-state index in [0.29, 0.717) is 0 Å². The van der Waals surface area contributed by atoms with Gasteiger partial charge in [-0.15, -0.1) is 0 Å². The number of nitrogens with one attached hydrogen (secondary N) is 2. The van der Waals surface area contributed by atoms with Crippen molar-refractivity contribution in [2.24, 2.45) is 4.99 Å². The van der Waals surface area contributed by atoms with Crippen LogP contribution in [-0.2, 0) is 12.8 Å². The van der Waals surface area contributed by atoms with Crippen molar-refractivity contribution in [1.82, 2.24) is 10.6 Å². The summed E-state index contributed by atoms with van der Waals surface area (Å²) < 4.78 is 15.9. The van der Waals surface area contributed by atoms with Gasteiger partial charge >= 0.3 is 0 Å². The lowest BCUT2D eigenvalue weighted by atomic mass is 10.1. The van der Waals surface area contributed by atoms with Crippen molar-refractivity contribution < 1.29 is 14.2 Å². The number of aryl methyl sites for hydroxylation is 1. The van der Waals surface area contributed by atoms with Gasteiger partial charge in [0.05, 0.1) is 21.3 Å². The first-order chi connectivity index (χ1) is 14.2. The molecule has 2 N–H and O–H groups in total. The van der Waals surface area contributed by atoms with Gasteiger partial charge in [-0.3, -0.25) is 4.99 Å². The molecule has 0 amide bonds. The second-order valence-corrected chi connectivity index (χ2v) is 6.58. The predicted octanol–water partition coefficient (Wildman–Crippen LogP) is 3.44. The van der Waals surface area contributed by atoms with Gasteiger partial charge in [0.1, 0.15) is 5.75 Å². The van der Waals surface area contributed by atoms with E-state index in [2.05, 4.69) is 40.7 Å². The van der Waals surface area contributed by atoms with Crippen molar-refractivity contribution in [2.75, 3.05) is 41.0 Å². The fourth-order valence-electron chi connectivity index (χ4n) is 2.97. The van der Waals surface area contributed by atoms with Gasteiger partial charge in [0.25, 0.3) is 0 Å². The summed E-state index contributed by atoms with van der Waals surface area (Å²) in [5, 5.41) is 6.70. The zero-order chi connectivity index (χ0) is 20.9. The number of methoxy groups -OCH3 is 3. The molecule has 0 fully saturated rings. The molecular formula is C23H33N3O3. The van der Waals surface area contributed by atoms with Crippen LogP contribution in [0.2, 0.25) is 0 Å². The molecule has 0 radical (unpaired) electrons. The highest BCUT2D eigenvalue weighted by atomic mass is 16.5. The third kappa shape index (κ3) is 7.56. The number of benzene rings is 2. The monoisotopic (exact) mass is 399 g/mol. The van der Waals surface area contributed by atoms with Gasteiger partial charge in [0.2, 0.25) is 0 Å². The lowest BCUT2D eigenvalue weighted by Gasteiger charge is -2.13. The first-order valence-electron chi connectivity index (χ1n) is 10.1. The minimum atomic E-state index is 0.746. The van der Waals surface area contributed by atoms with Crippen LogP contribution in [0.15, 0.2) is 47.5 Å². The Morgan fingerprint density at radius 3 is 2.21 bits per heavy atom. The van der Waals surface area contributed by atoms with Crippen LogP contribution < -0.4 is 24.8 Å². The van der Waals surface area contributed by atoms with Crippen LogP contribution in [0, 0.1) is 0 Å². The second-order valence-electron chi connectivity index (χ2n) is 6.58. The number of ether oxygens (including phenoxy) is 3. The van der Waals surface area contributed by atoms with Gasteiger partial charge in [-0.2, -0.15) is 0 Å². The van der Waals surface area contributed by atoms with Gasteiger partial charge in [-0.1, -0.05) is 18.2 Å². The molecule has 0 saturated heterocycles. The van der Waals surface area contributed by atoms with Gasteiger partial charge in [-0.25, -0.2) is 0 Å². The number of nitrogens with zero attached hydrogens (tertiary/aromatic N) is 1. The van der Waals surface area contributed by atoms with E-state index in [1.165, 1.54) is 11.1 Å². The Kier molecular flexibility index (Phi) is 9.69. The van der Waals surface area contributed by atoms with Crippen molar-refractivity contribution in [3.8, 4) is 17.2 Å². The number of aliphatic imine (C=N–C) groups is 1. The third-order valence-corrected chi connectivity index (χ3v) is 4.55. The summed E-state index contributed by atoms with van der Waals surface area (Å²) in [6.07, 6.45) is 2.87. The van der Waals surface area contributed by atoms with E-state index in [4.69, 9.17) is 14.2 Å². The average Bonchev–Trinajstić information content (AvgIpc) is 2.76. The highest BCUT2D eigenvalue weighted by molar-refractivity contribution is 5.79. The Labute approximate surface area is 174 Å². The molecular weight excluding hydrogens is 366 g/mol. The summed E-state index contributed by atoms with van der Waals surface area (Å²) in [7, 11) is 4.98. The average molecular weight is 400 g/mol. The maximum absolute atomic E-state index is 5.37. The number of guanidine groups is 1. The molecule has 0 heterocycles. The van der Waals surface area contributed by atoms with E-state index >= 15 is 0 Å². The summed E-state index contributed by atoms with van der Waals surface area (Å²) >= 11 is 0. The Bertz CT molecular complexity index is 760. The molecule has 6 heteroatoms. The molecule has 0 saturated carbocycles. The fourth-order valence-corrected chi connectivity index (χ4v) is 2.97. The molecule has 0 spiro atoms. The van der Waals surface area contributed by atoms with E-state index in [9.17, 15) is 0 Å². The normalized spacial score (nSPS) is 11.1. The van der Waals surface area contributed by atoms with Crippen molar-refractivity contribution >= 4 is 5.96 Å². The molecule has 0 aliphatic heterocycles. The van der Waals surface area contributed by atoms with E-state index in [1.807, 2.05) is 24.3 Å². The van der Waals surface area contributed by atoms with Crippen LogP contribution in [0.1, 0.15) is 24.5 Å². The summed E-state index contributed by atoms with van der Waals surface area (Å²) in [5.41, 5.74) is 2.48. The minimum absolute atomic E-state index is 0.746. The molecule has 6 nitrogen and oxygen atoms in total. The Hall–Kier alpha value is -2.89. The summed E-state index contributed by atoms with van der Waals surface area (Å²) in [6.45, 7) is 4.47. The quantitative estimate of drug-likeness (QED) is 0.344. The van der Waals surface area contributed by atoms with E-state index in [1.54, 1.807) is 21.3 Å². The summed E-state index contributed by atoms with van der Waals surface area (Å²) in [4.78, 5) is 4.68. The van der Waals surface area contributed by atoms with Crippen molar-refractivity contribution in [3.63, 3.8) is 0 Å². The van der Waals surface area contributed by atoms with Gasteiger partial charge in [-0.05, 0) is 61.6 Å². The van der Waals surface area contributed by atoms with E-state index in [0.717, 1.165) is 62.1 Å². The van der Waals surface area contributed by atoms with Gasteiger partial charge in [0, 0.05) is 19.6 Å². The van der Waals surface area contributed by atoms with Crippen molar-refractivity contribution in [3.05, 3.63) is 53.6 Å². The lowest BCUT2D eigenvalue weighted by molar-refractivity contribution is 0.354. The zero-order valence-electron chi connectivity index (χ0n) is 18.0. The minimum Gasteiger partial charge on any atom is -0.497 e. The predicted molar refractivity (Wildman–Crippen MR) is 119 cm³/mol. The Balaban J connectivity index is 1.79. The van der Waals surface area contributed by atoms with Crippen LogP contribution in [-0.4, -0.2) is 46.9 Å². The molecule has 0 aliphatic rings. The number of hydrogen-bond acceptors (Lipinski definition) is 4. The van der Waals surface area contributed by atoms with E-state index in [-0.39, 0.29) is 0 Å². The molecule has 29 heavy (non-hydrogen) atoms. The van der Waals surface area contributed by atoms with Crippen LogP contribution >= 0.6 is 0 Å². The second kappa shape index (κ2) is 12.5. The first kappa shape index (κ1) is 22.4.